The summed E-state index contributed by atoms with van der Waals surface area (Å²) in [6.07, 6.45) is 0. The van der Waals surface area contributed by atoms with Gasteiger partial charge in [0.15, 0.2) is 5.78 Å². The minimum atomic E-state index is -0.522. The Labute approximate surface area is 209 Å². The van der Waals surface area contributed by atoms with E-state index in [1.807, 2.05) is 43.3 Å². The minimum absolute atomic E-state index is 0.119. The standard InChI is InChI=1S/C28H29N5O3/c1-3-36-21-6-4-5-18(15-21)27(34)19-7-10-25-24(16-19)26(31-30-25)23-17-20(8-9-22(23)28(29)35)33-13-11-32(2)12-14-33/h4-10,15-17H,3,11-14H2,1-2H3,(H2,29,35)(H,30,31). The third-order valence-electron chi connectivity index (χ3n) is 6.62. The number of H-pyrrole nitrogens is 1. The second-order valence-electron chi connectivity index (χ2n) is 9.01. The van der Waals surface area contributed by atoms with E-state index in [9.17, 15) is 9.59 Å². The molecule has 184 valence electrons. The van der Waals surface area contributed by atoms with Crippen molar-refractivity contribution in [3.63, 3.8) is 0 Å². The average molecular weight is 484 g/mol. The molecule has 0 aliphatic carbocycles. The Kier molecular flexibility index (Phi) is 6.43. The van der Waals surface area contributed by atoms with Gasteiger partial charge >= 0.3 is 0 Å². The maximum atomic E-state index is 13.3. The van der Waals surface area contributed by atoms with Crippen molar-refractivity contribution in [2.24, 2.45) is 5.73 Å². The molecule has 1 aliphatic rings. The molecule has 1 amide bonds. The lowest BCUT2D eigenvalue weighted by molar-refractivity contribution is 0.0999. The van der Waals surface area contributed by atoms with Gasteiger partial charge in [0.1, 0.15) is 11.4 Å². The number of likely N-dealkylation sites (N-methyl/N-ethyl adjacent to an activating group) is 1. The van der Waals surface area contributed by atoms with Gasteiger partial charge in [0.2, 0.25) is 5.91 Å². The maximum Gasteiger partial charge on any atom is 0.249 e. The van der Waals surface area contributed by atoms with Crippen LogP contribution in [0, 0.1) is 0 Å². The normalized spacial score (nSPS) is 14.2. The highest BCUT2D eigenvalue weighted by molar-refractivity contribution is 6.12. The van der Waals surface area contributed by atoms with Crippen LogP contribution in [-0.4, -0.2) is 66.6 Å². The van der Waals surface area contributed by atoms with Gasteiger partial charge in [-0.1, -0.05) is 12.1 Å². The van der Waals surface area contributed by atoms with E-state index in [4.69, 9.17) is 10.5 Å². The molecule has 0 atom stereocenters. The number of hydrogen-bond donors (Lipinski definition) is 2. The molecule has 0 unspecified atom stereocenters. The number of carbonyl (C=O) groups excluding carboxylic acids is 2. The molecule has 0 saturated carbocycles. The first-order valence-electron chi connectivity index (χ1n) is 12.1. The van der Waals surface area contributed by atoms with E-state index in [1.165, 1.54) is 0 Å². The van der Waals surface area contributed by atoms with Crippen LogP contribution in [0.3, 0.4) is 0 Å². The number of benzene rings is 3. The van der Waals surface area contributed by atoms with Crippen LogP contribution in [0.1, 0.15) is 33.2 Å². The van der Waals surface area contributed by atoms with Crippen LogP contribution in [0.15, 0.2) is 60.7 Å². The van der Waals surface area contributed by atoms with Crippen molar-refractivity contribution >= 4 is 28.3 Å². The van der Waals surface area contributed by atoms with E-state index in [0.717, 1.165) is 42.8 Å². The number of nitrogens with zero attached hydrogens (tertiary/aromatic N) is 3. The first kappa shape index (κ1) is 23.6. The molecule has 1 fully saturated rings. The molecule has 8 nitrogen and oxygen atoms in total. The number of fused-ring (bicyclic) bond motifs is 1. The predicted molar refractivity (Wildman–Crippen MR) is 141 cm³/mol. The molecule has 5 rings (SSSR count). The maximum absolute atomic E-state index is 13.3. The zero-order chi connectivity index (χ0) is 25.2. The Balaban J connectivity index is 1.56. The highest BCUT2D eigenvalue weighted by atomic mass is 16.5. The zero-order valence-electron chi connectivity index (χ0n) is 20.5. The Morgan fingerprint density at radius 1 is 1.00 bits per heavy atom. The lowest BCUT2D eigenvalue weighted by Gasteiger charge is -2.34. The van der Waals surface area contributed by atoms with Crippen LogP contribution in [0.5, 0.6) is 5.75 Å². The van der Waals surface area contributed by atoms with E-state index >= 15 is 0 Å². The average Bonchev–Trinajstić information content (AvgIpc) is 3.32. The van der Waals surface area contributed by atoms with E-state index in [0.29, 0.717) is 40.3 Å². The molecule has 36 heavy (non-hydrogen) atoms. The van der Waals surface area contributed by atoms with Crippen molar-refractivity contribution < 1.29 is 14.3 Å². The molecule has 1 aliphatic heterocycles. The Hall–Kier alpha value is -4.17. The van der Waals surface area contributed by atoms with Gasteiger partial charge in [-0.25, -0.2) is 0 Å². The highest BCUT2D eigenvalue weighted by Gasteiger charge is 2.21. The number of aromatic amines is 1. The molecule has 0 bridgehead atoms. The number of anilines is 1. The molecule has 2 heterocycles. The van der Waals surface area contributed by atoms with Crippen LogP contribution >= 0.6 is 0 Å². The van der Waals surface area contributed by atoms with Crippen molar-refractivity contribution in [3.05, 3.63) is 77.4 Å². The van der Waals surface area contributed by atoms with Crippen LogP contribution in [0.4, 0.5) is 5.69 Å². The number of primary amides is 1. The molecule has 8 heteroatoms. The lowest BCUT2D eigenvalue weighted by atomic mass is 9.97. The molecule has 3 aromatic carbocycles. The van der Waals surface area contributed by atoms with Crippen molar-refractivity contribution in [2.45, 2.75) is 6.92 Å². The van der Waals surface area contributed by atoms with Gasteiger partial charge in [-0.05, 0) is 62.5 Å². The van der Waals surface area contributed by atoms with Crippen LogP contribution < -0.4 is 15.4 Å². The molecule has 0 spiro atoms. The lowest BCUT2D eigenvalue weighted by Crippen LogP contribution is -2.44. The molecule has 1 saturated heterocycles. The van der Waals surface area contributed by atoms with Crippen molar-refractivity contribution in [2.75, 3.05) is 44.7 Å². The van der Waals surface area contributed by atoms with Crippen molar-refractivity contribution in [1.29, 1.82) is 0 Å². The first-order valence-corrected chi connectivity index (χ1v) is 12.1. The Bertz CT molecular complexity index is 1440. The number of ether oxygens (including phenoxy) is 1. The number of carbonyl (C=O) groups is 2. The van der Waals surface area contributed by atoms with Gasteiger partial charge in [0.05, 0.1) is 12.1 Å². The van der Waals surface area contributed by atoms with Gasteiger partial charge in [-0.3, -0.25) is 14.7 Å². The molecule has 1 aromatic heterocycles. The molecular formula is C28H29N5O3. The third kappa shape index (κ3) is 4.55. The Morgan fingerprint density at radius 2 is 1.78 bits per heavy atom. The summed E-state index contributed by atoms with van der Waals surface area (Å²) in [5, 5.41) is 8.31. The van der Waals surface area contributed by atoms with E-state index in [1.54, 1.807) is 24.3 Å². The summed E-state index contributed by atoms with van der Waals surface area (Å²) in [5.74, 6) is 0.0122. The number of nitrogens with one attached hydrogen (secondary N) is 1. The molecular weight excluding hydrogens is 454 g/mol. The smallest absolute Gasteiger partial charge is 0.249 e. The SMILES string of the molecule is CCOc1cccc(C(=O)c2ccc3[nH]nc(-c4cc(N5CCN(C)CC5)ccc4C(N)=O)c3c2)c1. The summed E-state index contributed by atoms with van der Waals surface area (Å²) in [4.78, 5) is 30.2. The zero-order valence-corrected chi connectivity index (χ0v) is 20.5. The third-order valence-corrected chi connectivity index (χ3v) is 6.62. The number of hydrogen-bond acceptors (Lipinski definition) is 6. The summed E-state index contributed by atoms with van der Waals surface area (Å²) < 4.78 is 5.55. The second kappa shape index (κ2) is 9.83. The van der Waals surface area contributed by atoms with E-state index in [2.05, 4.69) is 27.0 Å². The number of piperazine rings is 1. The first-order chi connectivity index (χ1) is 17.4. The van der Waals surface area contributed by atoms with Crippen LogP contribution in [0.2, 0.25) is 0 Å². The molecule has 3 N–H and O–H groups in total. The summed E-state index contributed by atoms with van der Waals surface area (Å²) in [5.41, 5.74) is 10.2. The largest absolute Gasteiger partial charge is 0.494 e. The van der Waals surface area contributed by atoms with Crippen LogP contribution in [-0.2, 0) is 0 Å². The van der Waals surface area contributed by atoms with Crippen LogP contribution in [0.25, 0.3) is 22.2 Å². The molecule has 4 aromatic rings. The fourth-order valence-corrected chi connectivity index (χ4v) is 4.63. The second-order valence-corrected chi connectivity index (χ2v) is 9.01. The van der Waals surface area contributed by atoms with Crippen molar-refractivity contribution in [1.82, 2.24) is 15.1 Å². The van der Waals surface area contributed by atoms with E-state index in [-0.39, 0.29) is 5.78 Å². The minimum Gasteiger partial charge on any atom is -0.494 e. The summed E-state index contributed by atoms with van der Waals surface area (Å²) in [6, 6.07) is 18.3. The number of rotatable bonds is 7. The number of amides is 1. The van der Waals surface area contributed by atoms with Gasteiger partial charge in [-0.2, -0.15) is 5.10 Å². The number of ketones is 1. The van der Waals surface area contributed by atoms with Gasteiger partial charge in [0.25, 0.3) is 0 Å². The predicted octanol–water partition coefficient (Wildman–Crippen LogP) is 3.71. The van der Waals surface area contributed by atoms with Gasteiger partial charge in [-0.15, -0.1) is 0 Å². The molecule has 0 radical (unpaired) electrons. The summed E-state index contributed by atoms with van der Waals surface area (Å²) in [7, 11) is 2.11. The van der Waals surface area contributed by atoms with Crippen molar-refractivity contribution in [3.8, 4) is 17.0 Å². The van der Waals surface area contributed by atoms with Gasteiger partial charge < -0.3 is 20.3 Å². The fraction of sp³-hybridized carbons (Fsp3) is 0.250. The summed E-state index contributed by atoms with van der Waals surface area (Å²) >= 11 is 0. The monoisotopic (exact) mass is 483 g/mol. The quantitative estimate of drug-likeness (QED) is 0.388. The Morgan fingerprint density at radius 3 is 2.53 bits per heavy atom. The topological polar surface area (TPSA) is 105 Å². The number of aromatic nitrogens is 2. The van der Waals surface area contributed by atoms with E-state index < -0.39 is 5.91 Å². The number of nitrogens with two attached hydrogens (primary N) is 1. The van der Waals surface area contributed by atoms with Gasteiger partial charge in [0, 0.05) is 59.5 Å². The summed E-state index contributed by atoms with van der Waals surface area (Å²) in [6.45, 7) is 6.15. The fourth-order valence-electron chi connectivity index (χ4n) is 4.63. The highest BCUT2D eigenvalue weighted by Crippen LogP contribution is 2.33.